The van der Waals surface area contributed by atoms with Crippen molar-refractivity contribution in [1.82, 2.24) is 5.43 Å². The fraction of sp³-hybridized carbons (Fsp3) is 0.125. The van der Waals surface area contributed by atoms with Gasteiger partial charge in [-0.2, -0.15) is 5.10 Å². The molecule has 0 aliphatic rings. The molecular formula is C16H16N2O2. The Morgan fingerprint density at radius 3 is 2.35 bits per heavy atom. The van der Waals surface area contributed by atoms with Crippen LogP contribution >= 0.6 is 0 Å². The van der Waals surface area contributed by atoms with Crippen LogP contribution in [0.4, 0.5) is 0 Å². The van der Waals surface area contributed by atoms with Crippen LogP contribution in [0.1, 0.15) is 21.5 Å². The van der Waals surface area contributed by atoms with Crippen molar-refractivity contribution in [2.45, 2.75) is 6.92 Å². The molecule has 4 nitrogen and oxygen atoms in total. The van der Waals surface area contributed by atoms with Crippen LogP contribution in [0, 0.1) is 6.92 Å². The number of aryl methyl sites for hydroxylation is 1. The predicted octanol–water partition coefficient (Wildman–Crippen LogP) is 2.77. The van der Waals surface area contributed by atoms with Gasteiger partial charge in [0.1, 0.15) is 5.75 Å². The van der Waals surface area contributed by atoms with Gasteiger partial charge in [-0.25, -0.2) is 5.43 Å². The number of hydrogen-bond acceptors (Lipinski definition) is 3. The van der Waals surface area contributed by atoms with Crippen molar-refractivity contribution in [3.05, 3.63) is 65.2 Å². The van der Waals surface area contributed by atoms with Crippen LogP contribution in [0.25, 0.3) is 0 Å². The highest BCUT2D eigenvalue weighted by atomic mass is 16.5. The first-order valence-corrected chi connectivity index (χ1v) is 6.23. The summed E-state index contributed by atoms with van der Waals surface area (Å²) in [5.41, 5.74) is 5.14. The van der Waals surface area contributed by atoms with Gasteiger partial charge in [0.05, 0.1) is 13.3 Å². The summed E-state index contributed by atoms with van der Waals surface area (Å²) in [6.07, 6.45) is 1.61. The molecule has 20 heavy (non-hydrogen) atoms. The van der Waals surface area contributed by atoms with Gasteiger partial charge in [-0.3, -0.25) is 4.79 Å². The zero-order valence-corrected chi connectivity index (χ0v) is 11.5. The molecule has 2 aromatic carbocycles. The fourth-order valence-electron chi connectivity index (χ4n) is 1.62. The summed E-state index contributed by atoms with van der Waals surface area (Å²) in [7, 11) is 1.58. The van der Waals surface area contributed by atoms with E-state index in [2.05, 4.69) is 10.5 Å². The van der Waals surface area contributed by atoms with E-state index in [1.54, 1.807) is 37.6 Å². The predicted molar refractivity (Wildman–Crippen MR) is 79.2 cm³/mol. The lowest BCUT2D eigenvalue weighted by molar-refractivity contribution is 0.0955. The molecule has 4 heteroatoms. The molecular weight excluding hydrogens is 252 g/mol. The lowest BCUT2D eigenvalue weighted by Crippen LogP contribution is -2.17. The monoisotopic (exact) mass is 268 g/mol. The Morgan fingerprint density at radius 1 is 1.10 bits per heavy atom. The third kappa shape index (κ3) is 3.68. The van der Waals surface area contributed by atoms with Crippen molar-refractivity contribution in [2.75, 3.05) is 7.11 Å². The Kier molecular flexibility index (Phi) is 4.50. The van der Waals surface area contributed by atoms with Crippen molar-refractivity contribution in [1.29, 1.82) is 0 Å². The molecule has 1 N–H and O–H groups in total. The second kappa shape index (κ2) is 6.52. The Labute approximate surface area is 118 Å². The maximum absolute atomic E-state index is 11.8. The summed E-state index contributed by atoms with van der Waals surface area (Å²) in [6.45, 7) is 2.02. The van der Waals surface area contributed by atoms with Crippen LogP contribution in [0.15, 0.2) is 53.6 Å². The quantitative estimate of drug-likeness (QED) is 0.684. The molecule has 0 atom stereocenters. The van der Waals surface area contributed by atoms with Gasteiger partial charge in [-0.15, -0.1) is 0 Å². The van der Waals surface area contributed by atoms with E-state index in [9.17, 15) is 4.79 Å². The second-order valence-electron chi connectivity index (χ2n) is 4.34. The van der Waals surface area contributed by atoms with Crippen LogP contribution in [-0.4, -0.2) is 19.2 Å². The molecule has 0 heterocycles. The summed E-state index contributed by atoms with van der Waals surface area (Å²) >= 11 is 0. The number of methoxy groups -OCH3 is 1. The van der Waals surface area contributed by atoms with E-state index in [1.807, 2.05) is 31.2 Å². The maximum atomic E-state index is 11.8. The molecule has 0 unspecified atom stereocenters. The van der Waals surface area contributed by atoms with E-state index in [4.69, 9.17) is 4.74 Å². The van der Waals surface area contributed by atoms with E-state index < -0.39 is 0 Å². The number of amides is 1. The Morgan fingerprint density at radius 2 is 1.75 bits per heavy atom. The van der Waals surface area contributed by atoms with Crippen LogP contribution in [0.3, 0.4) is 0 Å². The number of hydrogen-bond donors (Lipinski definition) is 1. The van der Waals surface area contributed by atoms with Gasteiger partial charge in [0.2, 0.25) is 0 Å². The third-order valence-corrected chi connectivity index (χ3v) is 2.81. The lowest BCUT2D eigenvalue weighted by Gasteiger charge is -2.02. The third-order valence-electron chi connectivity index (χ3n) is 2.81. The molecule has 102 valence electrons. The minimum atomic E-state index is -0.254. The van der Waals surface area contributed by atoms with Crippen molar-refractivity contribution in [2.24, 2.45) is 5.10 Å². The standard InChI is InChI=1S/C16H16N2O2/c1-12-3-5-13(6-4-12)11-17-18-16(19)14-7-9-15(20-2)10-8-14/h3-11H,1-2H3,(H,18,19)/b17-11-. The molecule has 0 bridgehead atoms. The smallest absolute Gasteiger partial charge is 0.271 e. The molecule has 1 amide bonds. The molecule has 0 radical (unpaired) electrons. The molecule has 0 spiro atoms. The first-order chi connectivity index (χ1) is 9.69. The van der Waals surface area contributed by atoms with Crippen molar-refractivity contribution < 1.29 is 9.53 Å². The molecule has 0 aliphatic heterocycles. The van der Waals surface area contributed by atoms with E-state index in [-0.39, 0.29) is 5.91 Å². The number of rotatable bonds is 4. The molecule has 0 saturated carbocycles. The highest BCUT2D eigenvalue weighted by Crippen LogP contribution is 2.10. The Balaban J connectivity index is 1.95. The molecule has 2 rings (SSSR count). The van der Waals surface area contributed by atoms with Crippen molar-refractivity contribution >= 4 is 12.1 Å². The fourth-order valence-corrected chi connectivity index (χ4v) is 1.62. The van der Waals surface area contributed by atoms with E-state index in [1.165, 1.54) is 5.56 Å². The summed E-state index contributed by atoms with van der Waals surface area (Å²) < 4.78 is 5.04. The number of hydrazone groups is 1. The maximum Gasteiger partial charge on any atom is 0.271 e. The van der Waals surface area contributed by atoms with E-state index in [0.717, 1.165) is 5.56 Å². The molecule has 2 aromatic rings. The summed E-state index contributed by atoms with van der Waals surface area (Å²) in [5, 5.41) is 3.93. The van der Waals surface area contributed by atoms with E-state index in [0.29, 0.717) is 11.3 Å². The SMILES string of the molecule is COc1ccc(C(=O)N/N=C\c2ccc(C)cc2)cc1. The van der Waals surface area contributed by atoms with Gasteiger partial charge in [-0.05, 0) is 36.8 Å². The normalized spacial score (nSPS) is 10.5. The summed E-state index contributed by atoms with van der Waals surface area (Å²) in [5.74, 6) is 0.459. The zero-order valence-electron chi connectivity index (χ0n) is 11.5. The van der Waals surface area contributed by atoms with Crippen molar-refractivity contribution in [3.8, 4) is 5.75 Å². The van der Waals surface area contributed by atoms with Crippen LogP contribution in [0.2, 0.25) is 0 Å². The number of ether oxygens (including phenoxy) is 1. The molecule has 0 aromatic heterocycles. The highest BCUT2D eigenvalue weighted by molar-refractivity contribution is 5.94. The first-order valence-electron chi connectivity index (χ1n) is 6.23. The Bertz CT molecular complexity index is 601. The highest BCUT2D eigenvalue weighted by Gasteiger charge is 2.03. The minimum Gasteiger partial charge on any atom is -0.497 e. The minimum absolute atomic E-state index is 0.254. The average Bonchev–Trinajstić information content (AvgIpc) is 2.49. The molecule has 0 fully saturated rings. The number of nitrogens with zero attached hydrogens (tertiary/aromatic N) is 1. The second-order valence-corrected chi connectivity index (χ2v) is 4.34. The van der Waals surface area contributed by atoms with Crippen LogP contribution in [-0.2, 0) is 0 Å². The van der Waals surface area contributed by atoms with Crippen LogP contribution < -0.4 is 10.2 Å². The number of carbonyl (C=O) groups excluding carboxylic acids is 1. The van der Waals surface area contributed by atoms with Gasteiger partial charge >= 0.3 is 0 Å². The molecule has 0 aliphatic carbocycles. The topological polar surface area (TPSA) is 50.7 Å². The van der Waals surface area contributed by atoms with Gasteiger partial charge in [0, 0.05) is 5.56 Å². The molecule has 0 saturated heterocycles. The van der Waals surface area contributed by atoms with Gasteiger partial charge in [0.15, 0.2) is 0 Å². The average molecular weight is 268 g/mol. The van der Waals surface area contributed by atoms with Crippen LogP contribution in [0.5, 0.6) is 5.75 Å². The largest absolute Gasteiger partial charge is 0.497 e. The summed E-state index contributed by atoms with van der Waals surface area (Å²) in [4.78, 5) is 11.8. The Hall–Kier alpha value is -2.62. The zero-order chi connectivity index (χ0) is 14.4. The van der Waals surface area contributed by atoms with Gasteiger partial charge < -0.3 is 4.74 Å². The van der Waals surface area contributed by atoms with Gasteiger partial charge in [-0.1, -0.05) is 29.8 Å². The van der Waals surface area contributed by atoms with Gasteiger partial charge in [0.25, 0.3) is 5.91 Å². The van der Waals surface area contributed by atoms with E-state index >= 15 is 0 Å². The number of nitrogens with one attached hydrogen (secondary N) is 1. The number of carbonyl (C=O) groups is 1. The first kappa shape index (κ1) is 13.8. The number of benzene rings is 2. The summed E-state index contributed by atoms with van der Waals surface area (Å²) in [6, 6.07) is 14.7. The van der Waals surface area contributed by atoms with Crippen molar-refractivity contribution in [3.63, 3.8) is 0 Å². The lowest BCUT2D eigenvalue weighted by atomic mass is 10.2.